The number of ether oxygens (including phenoxy) is 1. The van der Waals surface area contributed by atoms with E-state index in [1.54, 1.807) is 10.9 Å². The van der Waals surface area contributed by atoms with Crippen LogP contribution in [0.2, 0.25) is 0 Å². The first kappa shape index (κ1) is 17.9. The molecular weight excluding hydrogens is 424 g/mol. The number of hydrogen-bond donors (Lipinski definition) is 0. The summed E-state index contributed by atoms with van der Waals surface area (Å²) in [6.07, 6.45) is 1.60. The Morgan fingerprint density at radius 2 is 2.00 bits per heavy atom. The number of nitrogens with zero attached hydrogens (tertiary/aromatic N) is 2. The maximum Gasteiger partial charge on any atom is 0.262 e. The number of hydrogen-bond acceptors (Lipinski definition) is 4. The fourth-order valence-corrected chi connectivity index (χ4v) is 4.11. The Kier molecular flexibility index (Phi) is 5.09. The van der Waals surface area contributed by atoms with Crippen molar-refractivity contribution in [1.82, 2.24) is 9.55 Å². The summed E-state index contributed by atoms with van der Waals surface area (Å²) in [7, 11) is 0. The molecule has 0 aliphatic heterocycles. The first-order valence-electron chi connectivity index (χ1n) is 8.54. The standard InChI is InChI=1S/C21H17BrN2O2S/c1-14-3-2-4-17(11-14)26-10-9-24-13-23-20-19(21(24)25)18(12-27-20)15-5-7-16(22)8-6-15/h2-8,11-13H,9-10H2,1H3. The quantitative estimate of drug-likeness (QED) is 0.424. The van der Waals surface area contributed by atoms with E-state index in [0.29, 0.717) is 18.5 Å². The third kappa shape index (κ3) is 3.82. The van der Waals surface area contributed by atoms with Gasteiger partial charge >= 0.3 is 0 Å². The Balaban J connectivity index is 1.60. The molecule has 0 unspecified atom stereocenters. The Morgan fingerprint density at radius 1 is 1.19 bits per heavy atom. The van der Waals surface area contributed by atoms with Gasteiger partial charge in [0.15, 0.2) is 0 Å². The van der Waals surface area contributed by atoms with Crippen LogP contribution in [0.1, 0.15) is 5.56 Å². The summed E-state index contributed by atoms with van der Waals surface area (Å²) >= 11 is 4.94. The van der Waals surface area contributed by atoms with Crippen molar-refractivity contribution in [3.8, 4) is 16.9 Å². The van der Waals surface area contributed by atoms with Crippen molar-refractivity contribution in [2.45, 2.75) is 13.5 Å². The van der Waals surface area contributed by atoms with Crippen LogP contribution >= 0.6 is 27.3 Å². The van der Waals surface area contributed by atoms with Gasteiger partial charge in [-0.1, -0.05) is 40.2 Å². The third-order valence-electron chi connectivity index (χ3n) is 4.31. The summed E-state index contributed by atoms with van der Waals surface area (Å²) in [4.78, 5) is 18.2. The van der Waals surface area contributed by atoms with Gasteiger partial charge in [0.2, 0.25) is 0 Å². The molecule has 27 heavy (non-hydrogen) atoms. The molecule has 2 aromatic carbocycles. The predicted octanol–water partition coefficient (Wildman–Crippen LogP) is 5.27. The topological polar surface area (TPSA) is 44.1 Å². The van der Waals surface area contributed by atoms with E-state index in [4.69, 9.17) is 4.74 Å². The van der Waals surface area contributed by atoms with Crippen molar-refractivity contribution in [3.05, 3.63) is 80.6 Å². The number of halogens is 1. The second-order valence-corrected chi connectivity index (χ2v) is 8.02. The molecule has 4 rings (SSSR count). The lowest BCUT2D eigenvalue weighted by atomic mass is 10.1. The number of aromatic nitrogens is 2. The van der Waals surface area contributed by atoms with E-state index in [2.05, 4.69) is 20.9 Å². The predicted molar refractivity (Wildman–Crippen MR) is 114 cm³/mol. The van der Waals surface area contributed by atoms with Crippen LogP contribution < -0.4 is 10.3 Å². The number of rotatable bonds is 5. The molecule has 136 valence electrons. The monoisotopic (exact) mass is 440 g/mol. The van der Waals surface area contributed by atoms with Gasteiger partial charge in [0, 0.05) is 15.4 Å². The number of aryl methyl sites for hydroxylation is 1. The summed E-state index contributed by atoms with van der Waals surface area (Å²) in [5.41, 5.74) is 3.04. The highest BCUT2D eigenvalue weighted by molar-refractivity contribution is 9.10. The van der Waals surface area contributed by atoms with E-state index in [0.717, 1.165) is 31.7 Å². The van der Waals surface area contributed by atoms with Gasteiger partial charge in [0.25, 0.3) is 5.56 Å². The average molecular weight is 441 g/mol. The van der Waals surface area contributed by atoms with E-state index in [9.17, 15) is 4.79 Å². The van der Waals surface area contributed by atoms with Gasteiger partial charge in [-0.05, 0) is 42.3 Å². The lowest BCUT2D eigenvalue weighted by Gasteiger charge is -2.09. The fourth-order valence-electron chi connectivity index (χ4n) is 2.94. The van der Waals surface area contributed by atoms with Crippen molar-refractivity contribution >= 4 is 37.5 Å². The Hall–Kier alpha value is -2.44. The van der Waals surface area contributed by atoms with Gasteiger partial charge in [0.05, 0.1) is 18.3 Å². The van der Waals surface area contributed by atoms with E-state index in [1.807, 2.05) is 60.8 Å². The van der Waals surface area contributed by atoms with Crippen molar-refractivity contribution in [1.29, 1.82) is 0 Å². The highest BCUT2D eigenvalue weighted by Crippen LogP contribution is 2.31. The lowest BCUT2D eigenvalue weighted by Crippen LogP contribution is -2.23. The normalized spacial score (nSPS) is 11.0. The molecule has 0 aliphatic carbocycles. The van der Waals surface area contributed by atoms with Crippen molar-refractivity contribution in [3.63, 3.8) is 0 Å². The molecule has 0 N–H and O–H groups in total. The maximum atomic E-state index is 13.0. The molecule has 0 aliphatic rings. The SMILES string of the molecule is Cc1cccc(OCCn2cnc3scc(-c4ccc(Br)cc4)c3c2=O)c1. The van der Waals surface area contributed by atoms with Crippen molar-refractivity contribution in [2.75, 3.05) is 6.61 Å². The van der Waals surface area contributed by atoms with Gasteiger partial charge in [-0.15, -0.1) is 11.3 Å². The van der Waals surface area contributed by atoms with E-state index < -0.39 is 0 Å². The zero-order valence-corrected chi connectivity index (χ0v) is 17.1. The first-order chi connectivity index (χ1) is 13.1. The molecule has 0 radical (unpaired) electrons. The zero-order chi connectivity index (χ0) is 18.8. The molecule has 2 aromatic heterocycles. The molecule has 0 spiro atoms. The van der Waals surface area contributed by atoms with Crippen LogP contribution in [0, 0.1) is 6.92 Å². The van der Waals surface area contributed by atoms with Crippen LogP contribution in [-0.2, 0) is 6.54 Å². The first-order valence-corrected chi connectivity index (χ1v) is 10.2. The molecule has 0 bridgehead atoms. The minimum atomic E-state index is -0.0352. The van der Waals surface area contributed by atoms with Crippen LogP contribution in [0.3, 0.4) is 0 Å². The number of benzene rings is 2. The highest BCUT2D eigenvalue weighted by atomic mass is 79.9. The minimum Gasteiger partial charge on any atom is -0.492 e. The number of fused-ring (bicyclic) bond motifs is 1. The van der Waals surface area contributed by atoms with Crippen LogP contribution in [0.15, 0.2) is 69.5 Å². The van der Waals surface area contributed by atoms with Crippen molar-refractivity contribution < 1.29 is 4.74 Å². The van der Waals surface area contributed by atoms with Gasteiger partial charge < -0.3 is 4.74 Å². The van der Waals surface area contributed by atoms with Gasteiger partial charge in [-0.2, -0.15) is 0 Å². The number of thiophene rings is 1. The van der Waals surface area contributed by atoms with Gasteiger partial charge in [-0.25, -0.2) is 4.98 Å². The minimum absolute atomic E-state index is 0.0352. The van der Waals surface area contributed by atoms with Crippen LogP contribution in [0.4, 0.5) is 0 Å². The fraction of sp³-hybridized carbons (Fsp3) is 0.143. The Labute approximate surface area is 169 Å². The van der Waals surface area contributed by atoms with Gasteiger partial charge in [-0.3, -0.25) is 9.36 Å². The lowest BCUT2D eigenvalue weighted by molar-refractivity contribution is 0.296. The molecule has 4 nitrogen and oxygen atoms in total. The molecular formula is C21H17BrN2O2S. The van der Waals surface area contributed by atoms with Crippen LogP contribution in [0.5, 0.6) is 5.75 Å². The molecule has 0 saturated carbocycles. The van der Waals surface area contributed by atoms with E-state index in [1.165, 1.54) is 11.3 Å². The summed E-state index contributed by atoms with van der Waals surface area (Å²) in [6, 6.07) is 15.8. The molecule has 0 amide bonds. The summed E-state index contributed by atoms with van der Waals surface area (Å²) in [6.45, 7) is 2.88. The van der Waals surface area contributed by atoms with Gasteiger partial charge in [0.1, 0.15) is 17.2 Å². The molecule has 4 aromatic rings. The van der Waals surface area contributed by atoms with E-state index >= 15 is 0 Å². The second-order valence-electron chi connectivity index (χ2n) is 6.24. The van der Waals surface area contributed by atoms with E-state index in [-0.39, 0.29) is 5.56 Å². The van der Waals surface area contributed by atoms with Crippen LogP contribution in [-0.4, -0.2) is 16.2 Å². The summed E-state index contributed by atoms with van der Waals surface area (Å²) in [5, 5.41) is 2.66. The maximum absolute atomic E-state index is 13.0. The summed E-state index contributed by atoms with van der Waals surface area (Å²) in [5.74, 6) is 0.808. The molecule has 0 atom stereocenters. The molecule has 6 heteroatoms. The molecule has 0 saturated heterocycles. The van der Waals surface area contributed by atoms with Crippen molar-refractivity contribution in [2.24, 2.45) is 0 Å². The largest absolute Gasteiger partial charge is 0.492 e. The Bertz CT molecular complexity index is 1150. The zero-order valence-electron chi connectivity index (χ0n) is 14.7. The highest BCUT2D eigenvalue weighted by Gasteiger charge is 2.13. The van der Waals surface area contributed by atoms with Crippen LogP contribution in [0.25, 0.3) is 21.3 Å². The molecule has 2 heterocycles. The third-order valence-corrected chi connectivity index (χ3v) is 5.72. The second kappa shape index (κ2) is 7.66. The average Bonchev–Trinajstić information content (AvgIpc) is 3.09. The Morgan fingerprint density at radius 3 is 2.78 bits per heavy atom. The molecule has 0 fully saturated rings. The summed E-state index contributed by atoms with van der Waals surface area (Å²) < 4.78 is 8.40. The smallest absolute Gasteiger partial charge is 0.262 e.